The molecule has 1 amide bonds. The third-order valence-corrected chi connectivity index (χ3v) is 4.72. The van der Waals surface area contributed by atoms with Gasteiger partial charge in [-0.3, -0.25) is 4.79 Å². The monoisotopic (exact) mass is 330 g/mol. The molecule has 0 unspecified atom stereocenters. The number of amides is 1. The van der Waals surface area contributed by atoms with E-state index in [9.17, 15) is 4.79 Å². The first kappa shape index (κ1) is 16.7. The van der Waals surface area contributed by atoms with Gasteiger partial charge in [0.25, 0.3) is 5.78 Å². The van der Waals surface area contributed by atoms with Crippen LogP contribution in [-0.2, 0) is 4.79 Å². The van der Waals surface area contributed by atoms with Gasteiger partial charge in [-0.2, -0.15) is 14.6 Å². The quantitative estimate of drug-likeness (QED) is 0.898. The summed E-state index contributed by atoms with van der Waals surface area (Å²) in [5, 5.41) is 10.9. The molecule has 24 heavy (non-hydrogen) atoms. The Morgan fingerprint density at radius 2 is 2.12 bits per heavy atom. The van der Waals surface area contributed by atoms with E-state index in [2.05, 4.69) is 25.7 Å². The molecule has 2 N–H and O–H groups in total. The average Bonchev–Trinajstić information content (AvgIpc) is 2.99. The van der Waals surface area contributed by atoms with Gasteiger partial charge in [-0.1, -0.05) is 6.42 Å². The van der Waals surface area contributed by atoms with Gasteiger partial charge in [-0.15, -0.1) is 0 Å². The van der Waals surface area contributed by atoms with Gasteiger partial charge in [-0.25, -0.2) is 4.98 Å². The van der Waals surface area contributed by atoms with E-state index < -0.39 is 0 Å². The lowest BCUT2D eigenvalue weighted by Gasteiger charge is -2.30. The van der Waals surface area contributed by atoms with Gasteiger partial charge in [-0.05, 0) is 47.0 Å². The van der Waals surface area contributed by atoms with Crippen molar-refractivity contribution in [1.82, 2.24) is 24.9 Å². The van der Waals surface area contributed by atoms with E-state index in [-0.39, 0.29) is 23.9 Å². The van der Waals surface area contributed by atoms with E-state index in [1.165, 1.54) is 6.33 Å². The zero-order valence-corrected chi connectivity index (χ0v) is 14.8. The largest absolute Gasteiger partial charge is 0.367 e. The smallest absolute Gasteiger partial charge is 0.254 e. The van der Waals surface area contributed by atoms with Crippen molar-refractivity contribution in [2.45, 2.75) is 65.5 Å². The van der Waals surface area contributed by atoms with Gasteiger partial charge in [0.15, 0.2) is 0 Å². The Hall–Kier alpha value is -2.18. The SMILES string of the molecule is Cc1nc2ncnn2c(N[C@H]2CCC[C@H](C(=O)NC(C)C)C2)c1C. The summed E-state index contributed by atoms with van der Waals surface area (Å²) in [5.74, 6) is 1.79. The predicted molar refractivity (Wildman–Crippen MR) is 92.9 cm³/mol. The predicted octanol–water partition coefficient (Wildman–Crippen LogP) is 2.24. The Morgan fingerprint density at radius 1 is 1.33 bits per heavy atom. The number of carbonyl (C=O) groups excluding carboxylic acids is 1. The summed E-state index contributed by atoms with van der Waals surface area (Å²) >= 11 is 0. The van der Waals surface area contributed by atoms with Crippen molar-refractivity contribution < 1.29 is 4.79 Å². The zero-order chi connectivity index (χ0) is 17.3. The molecule has 2 aromatic rings. The van der Waals surface area contributed by atoms with Crippen LogP contribution < -0.4 is 10.6 Å². The normalized spacial score (nSPS) is 21.2. The van der Waals surface area contributed by atoms with E-state index in [0.29, 0.717) is 5.78 Å². The lowest BCUT2D eigenvalue weighted by molar-refractivity contribution is -0.126. The second-order valence-corrected chi connectivity index (χ2v) is 7.01. The van der Waals surface area contributed by atoms with Crippen molar-refractivity contribution in [3.8, 4) is 0 Å². The van der Waals surface area contributed by atoms with Crippen molar-refractivity contribution in [2.75, 3.05) is 5.32 Å². The number of anilines is 1. The van der Waals surface area contributed by atoms with Crippen LogP contribution in [0, 0.1) is 19.8 Å². The van der Waals surface area contributed by atoms with Crippen molar-refractivity contribution in [3.05, 3.63) is 17.6 Å². The molecule has 7 nitrogen and oxygen atoms in total. The molecule has 0 aromatic carbocycles. The molecule has 1 fully saturated rings. The third-order valence-electron chi connectivity index (χ3n) is 4.72. The molecule has 0 bridgehead atoms. The molecule has 0 spiro atoms. The highest BCUT2D eigenvalue weighted by atomic mass is 16.1. The van der Waals surface area contributed by atoms with Crippen molar-refractivity contribution in [3.63, 3.8) is 0 Å². The minimum atomic E-state index is 0.0770. The van der Waals surface area contributed by atoms with Gasteiger partial charge in [0.2, 0.25) is 5.91 Å². The maximum atomic E-state index is 12.3. The van der Waals surface area contributed by atoms with Gasteiger partial charge in [0.05, 0.1) is 0 Å². The van der Waals surface area contributed by atoms with Crippen molar-refractivity contribution in [1.29, 1.82) is 0 Å². The minimum absolute atomic E-state index is 0.0770. The maximum absolute atomic E-state index is 12.3. The number of aromatic nitrogens is 4. The van der Waals surface area contributed by atoms with Crippen molar-refractivity contribution >= 4 is 17.5 Å². The van der Waals surface area contributed by atoms with E-state index >= 15 is 0 Å². The second-order valence-electron chi connectivity index (χ2n) is 7.01. The van der Waals surface area contributed by atoms with Crippen molar-refractivity contribution in [2.24, 2.45) is 5.92 Å². The summed E-state index contributed by atoms with van der Waals surface area (Å²) in [5.41, 5.74) is 2.02. The zero-order valence-electron chi connectivity index (χ0n) is 14.8. The number of fused-ring (bicyclic) bond motifs is 1. The number of nitrogens with zero attached hydrogens (tertiary/aromatic N) is 4. The number of rotatable bonds is 4. The topological polar surface area (TPSA) is 84.2 Å². The van der Waals surface area contributed by atoms with E-state index in [1.807, 2.05) is 27.7 Å². The highest BCUT2D eigenvalue weighted by Gasteiger charge is 2.28. The highest BCUT2D eigenvalue weighted by molar-refractivity contribution is 5.79. The molecule has 2 aromatic heterocycles. The first-order valence-corrected chi connectivity index (χ1v) is 8.69. The third kappa shape index (κ3) is 3.34. The minimum Gasteiger partial charge on any atom is -0.367 e. The summed E-state index contributed by atoms with van der Waals surface area (Å²) in [7, 11) is 0. The Labute approximate surface area is 142 Å². The van der Waals surface area contributed by atoms with E-state index in [0.717, 1.165) is 42.8 Å². The fourth-order valence-corrected chi connectivity index (χ4v) is 3.36. The number of hydrogen-bond donors (Lipinski definition) is 2. The molecule has 1 aliphatic carbocycles. The molecule has 130 valence electrons. The van der Waals surface area contributed by atoms with Gasteiger partial charge < -0.3 is 10.6 Å². The molecule has 2 heterocycles. The van der Waals surface area contributed by atoms with Gasteiger partial charge in [0, 0.05) is 29.3 Å². The summed E-state index contributed by atoms with van der Waals surface area (Å²) in [6.45, 7) is 8.02. The van der Waals surface area contributed by atoms with Crippen LogP contribution in [0.15, 0.2) is 6.33 Å². The molecule has 0 aliphatic heterocycles. The van der Waals surface area contributed by atoms with Crippen LogP contribution in [-0.4, -0.2) is 37.6 Å². The standard InChI is InChI=1S/C17H26N6O/c1-10(2)20-16(24)13-6-5-7-14(8-13)22-15-11(3)12(4)21-17-18-9-19-23(15)17/h9-10,13-14,22H,5-8H2,1-4H3,(H,20,24)/t13-,14-/m0/s1. The van der Waals surface area contributed by atoms with Gasteiger partial charge in [0.1, 0.15) is 12.1 Å². The molecule has 0 saturated heterocycles. The Morgan fingerprint density at radius 3 is 2.88 bits per heavy atom. The average molecular weight is 330 g/mol. The fraction of sp³-hybridized carbons (Fsp3) is 0.647. The summed E-state index contributed by atoms with van der Waals surface area (Å²) in [6.07, 6.45) is 5.44. The molecule has 0 radical (unpaired) electrons. The van der Waals surface area contributed by atoms with Crippen LogP contribution in [0.5, 0.6) is 0 Å². The van der Waals surface area contributed by atoms with E-state index in [1.54, 1.807) is 4.52 Å². The molecule has 3 rings (SSSR count). The summed E-state index contributed by atoms with van der Waals surface area (Å²) in [4.78, 5) is 21.0. The number of carbonyl (C=O) groups is 1. The van der Waals surface area contributed by atoms with Crippen LogP contribution >= 0.6 is 0 Å². The summed E-state index contributed by atoms with van der Waals surface area (Å²) in [6, 6.07) is 0.445. The van der Waals surface area contributed by atoms with Crippen LogP contribution in [0.25, 0.3) is 5.78 Å². The second kappa shape index (κ2) is 6.75. The molecular formula is C17H26N6O. The molecule has 1 saturated carbocycles. The molecule has 1 aliphatic rings. The Balaban J connectivity index is 1.78. The Bertz CT molecular complexity index is 738. The van der Waals surface area contributed by atoms with Crippen LogP contribution in [0.3, 0.4) is 0 Å². The van der Waals surface area contributed by atoms with Crippen LogP contribution in [0.1, 0.15) is 50.8 Å². The number of nitrogens with one attached hydrogen (secondary N) is 2. The Kier molecular flexibility index (Phi) is 4.69. The lowest BCUT2D eigenvalue weighted by atomic mass is 9.85. The number of aryl methyl sites for hydroxylation is 1. The first-order chi connectivity index (χ1) is 11.5. The maximum Gasteiger partial charge on any atom is 0.254 e. The summed E-state index contributed by atoms with van der Waals surface area (Å²) < 4.78 is 1.75. The van der Waals surface area contributed by atoms with Gasteiger partial charge >= 0.3 is 0 Å². The molecule has 7 heteroatoms. The van der Waals surface area contributed by atoms with E-state index in [4.69, 9.17) is 0 Å². The fourth-order valence-electron chi connectivity index (χ4n) is 3.36. The molecular weight excluding hydrogens is 304 g/mol. The van der Waals surface area contributed by atoms with Crippen LogP contribution in [0.4, 0.5) is 5.82 Å². The highest BCUT2D eigenvalue weighted by Crippen LogP contribution is 2.28. The molecule has 2 atom stereocenters. The van der Waals surface area contributed by atoms with Crippen LogP contribution in [0.2, 0.25) is 0 Å². The first-order valence-electron chi connectivity index (χ1n) is 8.69. The lowest BCUT2D eigenvalue weighted by Crippen LogP contribution is -2.40. The number of hydrogen-bond acceptors (Lipinski definition) is 5.